The summed E-state index contributed by atoms with van der Waals surface area (Å²) in [6.07, 6.45) is 3.46. The Morgan fingerprint density at radius 3 is 2.78 bits per heavy atom. The molecule has 0 amide bonds. The number of aryl methyl sites for hydroxylation is 2. The molecule has 0 bridgehead atoms. The molecular weight excluding hydrogens is 238 g/mol. The highest BCUT2D eigenvalue weighted by molar-refractivity contribution is 8.00. The second kappa shape index (κ2) is 5.80. The lowest BCUT2D eigenvalue weighted by molar-refractivity contribution is 0.346. The maximum atomic E-state index is 9.29. The van der Waals surface area contributed by atoms with E-state index in [0.29, 0.717) is 5.25 Å². The summed E-state index contributed by atoms with van der Waals surface area (Å²) in [7, 11) is 0. The van der Waals surface area contributed by atoms with E-state index in [0.717, 1.165) is 12.3 Å². The van der Waals surface area contributed by atoms with Crippen LogP contribution in [0.15, 0.2) is 23.1 Å². The highest BCUT2D eigenvalue weighted by atomic mass is 32.2. The third kappa shape index (κ3) is 3.09. The molecule has 1 aliphatic rings. The van der Waals surface area contributed by atoms with Gasteiger partial charge in [0.1, 0.15) is 0 Å². The Bertz CT molecular complexity index is 461. The first-order valence-corrected chi connectivity index (χ1v) is 7.61. The van der Waals surface area contributed by atoms with Crippen LogP contribution in [0.2, 0.25) is 0 Å². The zero-order valence-corrected chi connectivity index (χ0v) is 12.3. The Labute approximate surface area is 115 Å². The molecule has 2 rings (SSSR count). The van der Waals surface area contributed by atoms with E-state index in [9.17, 15) is 5.26 Å². The Balaban J connectivity index is 2.16. The normalized spacial score (nSPS) is 27.8. The van der Waals surface area contributed by atoms with Crippen molar-refractivity contribution in [3.05, 3.63) is 29.3 Å². The van der Waals surface area contributed by atoms with Gasteiger partial charge in [-0.15, -0.1) is 11.8 Å². The van der Waals surface area contributed by atoms with Crippen molar-refractivity contribution in [3.63, 3.8) is 0 Å². The molecule has 96 valence electrons. The molecule has 0 radical (unpaired) electrons. The van der Waals surface area contributed by atoms with Crippen LogP contribution in [0.25, 0.3) is 0 Å². The molecule has 1 saturated carbocycles. The van der Waals surface area contributed by atoms with E-state index in [2.05, 4.69) is 45.0 Å². The molecule has 2 heteroatoms. The Morgan fingerprint density at radius 2 is 2.06 bits per heavy atom. The van der Waals surface area contributed by atoms with Gasteiger partial charge in [-0.2, -0.15) is 5.26 Å². The van der Waals surface area contributed by atoms with Crippen LogP contribution in [0.1, 0.15) is 37.3 Å². The third-order valence-corrected chi connectivity index (χ3v) is 5.36. The molecule has 0 heterocycles. The van der Waals surface area contributed by atoms with Gasteiger partial charge in [0.2, 0.25) is 0 Å². The van der Waals surface area contributed by atoms with Crippen LogP contribution >= 0.6 is 11.8 Å². The zero-order chi connectivity index (χ0) is 13.1. The van der Waals surface area contributed by atoms with Crippen molar-refractivity contribution in [1.29, 1.82) is 5.26 Å². The van der Waals surface area contributed by atoms with Gasteiger partial charge in [0, 0.05) is 10.1 Å². The molecule has 1 aromatic rings. The van der Waals surface area contributed by atoms with Crippen molar-refractivity contribution >= 4 is 11.8 Å². The first-order chi connectivity index (χ1) is 8.60. The third-order valence-electron chi connectivity index (χ3n) is 3.84. The fourth-order valence-corrected chi connectivity index (χ4v) is 4.22. The van der Waals surface area contributed by atoms with Crippen LogP contribution < -0.4 is 0 Å². The molecule has 1 nitrogen and oxygen atoms in total. The number of hydrogen-bond acceptors (Lipinski definition) is 2. The minimum atomic E-state index is 0.228. The summed E-state index contributed by atoms with van der Waals surface area (Å²) in [5.41, 5.74) is 2.64. The van der Waals surface area contributed by atoms with Gasteiger partial charge in [-0.3, -0.25) is 0 Å². The molecule has 0 spiro atoms. The fourth-order valence-electron chi connectivity index (χ4n) is 2.60. The van der Waals surface area contributed by atoms with Crippen LogP contribution in [0.5, 0.6) is 0 Å². The lowest BCUT2D eigenvalue weighted by Gasteiger charge is -2.30. The number of thioether (sulfide) groups is 1. The van der Waals surface area contributed by atoms with E-state index in [1.165, 1.54) is 28.9 Å². The molecule has 1 aliphatic carbocycles. The van der Waals surface area contributed by atoms with Gasteiger partial charge < -0.3 is 0 Å². The quantitative estimate of drug-likeness (QED) is 0.767. The topological polar surface area (TPSA) is 23.8 Å². The van der Waals surface area contributed by atoms with Crippen LogP contribution in [-0.4, -0.2) is 5.25 Å². The first kappa shape index (κ1) is 13.5. The molecule has 0 saturated heterocycles. The molecular formula is C16H21NS. The molecule has 18 heavy (non-hydrogen) atoms. The summed E-state index contributed by atoms with van der Waals surface area (Å²) in [6.45, 7) is 6.61. The summed E-state index contributed by atoms with van der Waals surface area (Å²) in [5, 5.41) is 9.76. The first-order valence-electron chi connectivity index (χ1n) is 6.73. The maximum Gasteiger partial charge on any atom is 0.0667 e. The van der Waals surface area contributed by atoms with Crippen LogP contribution in [0, 0.1) is 37.0 Å². The average molecular weight is 259 g/mol. The van der Waals surface area contributed by atoms with E-state index in [4.69, 9.17) is 0 Å². The molecule has 0 N–H and O–H groups in total. The SMILES string of the molecule is Cc1ccc(C)c(SC2CC(C)CCC2C#N)c1. The van der Waals surface area contributed by atoms with Gasteiger partial charge in [0.05, 0.1) is 12.0 Å². The average Bonchev–Trinajstić information content (AvgIpc) is 2.34. The predicted molar refractivity (Wildman–Crippen MR) is 77.7 cm³/mol. The van der Waals surface area contributed by atoms with Crippen LogP contribution in [0.4, 0.5) is 0 Å². The molecule has 0 aliphatic heterocycles. The molecule has 1 aromatic carbocycles. The number of nitrogens with zero attached hydrogens (tertiary/aromatic N) is 1. The number of benzene rings is 1. The highest BCUT2D eigenvalue weighted by Gasteiger charge is 2.29. The van der Waals surface area contributed by atoms with E-state index in [1.807, 2.05) is 11.8 Å². The van der Waals surface area contributed by atoms with Gasteiger partial charge in [-0.05, 0) is 50.7 Å². The van der Waals surface area contributed by atoms with Gasteiger partial charge >= 0.3 is 0 Å². The van der Waals surface area contributed by atoms with Crippen molar-refractivity contribution in [1.82, 2.24) is 0 Å². The van der Waals surface area contributed by atoms with Crippen LogP contribution in [0.3, 0.4) is 0 Å². The lowest BCUT2D eigenvalue weighted by Crippen LogP contribution is -2.25. The van der Waals surface area contributed by atoms with Crippen molar-refractivity contribution in [2.24, 2.45) is 11.8 Å². The number of hydrogen-bond donors (Lipinski definition) is 0. The van der Waals surface area contributed by atoms with E-state index < -0.39 is 0 Å². The minimum Gasteiger partial charge on any atom is -0.198 e. The Kier molecular flexibility index (Phi) is 4.35. The van der Waals surface area contributed by atoms with Gasteiger partial charge in [-0.25, -0.2) is 0 Å². The van der Waals surface area contributed by atoms with Crippen molar-refractivity contribution in [3.8, 4) is 6.07 Å². The van der Waals surface area contributed by atoms with Crippen molar-refractivity contribution in [2.75, 3.05) is 0 Å². The van der Waals surface area contributed by atoms with Gasteiger partial charge in [-0.1, -0.05) is 24.6 Å². The standard InChI is InChI=1S/C16H21NS/c1-11-4-6-13(3)15(8-11)18-16-9-12(2)5-7-14(16)10-17/h4,6,8,12,14,16H,5,7,9H2,1-3H3. The predicted octanol–water partition coefficient (Wildman–Crippen LogP) is 4.72. The Hall–Kier alpha value is -0.940. The highest BCUT2D eigenvalue weighted by Crippen LogP contribution is 2.40. The second-order valence-electron chi connectivity index (χ2n) is 5.58. The van der Waals surface area contributed by atoms with Crippen molar-refractivity contribution in [2.45, 2.75) is 50.2 Å². The minimum absolute atomic E-state index is 0.228. The van der Waals surface area contributed by atoms with Gasteiger partial charge in [0.25, 0.3) is 0 Å². The molecule has 3 atom stereocenters. The lowest BCUT2D eigenvalue weighted by atomic mass is 9.83. The summed E-state index contributed by atoms with van der Waals surface area (Å²) < 4.78 is 0. The summed E-state index contributed by atoms with van der Waals surface area (Å²) >= 11 is 1.92. The number of nitriles is 1. The monoisotopic (exact) mass is 259 g/mol. The zero-order valence-electron chi connectivity index (χ0n) is 11.4. The van der Waals surface area contributed by atoms with E-state index >= 15 is 0 Å². The van der Waals surface area contributed by atoms with E-state index in [-0.39, 0.29) is 5.92 Å². The number of rotatable bonds is 2. The Morgan fingerprint density at radius 1 is 1.28 bits per heavy atom. The second-order valence-corrected chi connectivity index (χ2v) is 6.86. The summed E-state index contributed by atoms with van der Waals surface area (Å²) in [6, 6.07) is 9.11. The largest absolute Gasteiger partial charge is 0.198 e. The maximum absolute atomic E-state index is 9.29. The fraction of sp³-hybridized carbons (Fsp3) is 0.562. The van der Waals surface area contributed by atoms with Gasteiger partial charge in [0.15, 0.2) is 0 Å². The molecule has 3 unspecified atom stereocenters. The van der Waals surface area contributed by atoms with Crippen LogP contribution in [-0.2, 0) is 0 Å². The molecule has 0 aromatic heterocycles. The van der Waals surface area contributed by atoms with E-state index in [1.54, 1.807) is 0 Å². The molecule has 1 fully saturated rings. The smallest absolute Gasteiger partial charge is 0.0667 e. The summed E-state index contributed by atoms with van der Waals surface area (Å²) in [5.74, 6) is 0.989. The van der Waals surface area contributed by atoms with Crippen molar-refractivity contribution < 1.29 is 0 Å². The summed E-state index contributed by atoms with van der Waals surface area (Å²) in [4.78, 5) is 1.36.